The second-order valence-electron chi connectivity index (χ2n) is 4.39. The highest BCUT2D eigenvalue weighted by molar-refractivity contribution is 6.01. The fourth-order valence-corrected chi connectivity index (χ4v) is 1.69. The first kappa shape index (κ1) is 14.4. The second-order valence-corrected chi connectivity index (χ2v) is 4.39. The van der Waals surface area contributed by atoms with E-state index in [4.69, 9.17) is 0 Å². The molecule has 0 bridgehead atoms. The molecule has 0 spiro atoms. The molecule has 1 N–H and O–H groups in total. The molecule has 2 aromatic rings. The third-order valence-electron chi connectivity index (χ3n) is 2.67. The van der Waals surface area contributed by atoms with E-state index in [1.54, 1.807) is 24.4 Å². The van der Waals surface area contributed by atoms with Gasteiger partial charge in [-0.15, -0.1) is 0 Å². The van der Waals surface area contributed by atoms with E-state index < -0.39 is 4.92 Å². The van der Waals surface area contributed by atoms with Gasteiger partial charge in [0.05, 0.1) is 4.92 Å². The third kappa shape index (κ3) is 4.24. The van der Waals surface area contributed by atoms with Gasteiger partial charge in [0.25, 0.3) is 5.69 Å². The number of non-ortho nitro benzene ring substituents is 1. The van der Waals surface area contributed by atoms with Gasteiger partial charge >= 0.3 is 0 Å². The van der Waals surface area contributed by atoms with Gasteiger partial charge < -0.3 is 5.32 Å². The number of nitro groups is 1. The second kappa shape index (κ2) is 6.42. The predicted molar refractivity (Wildman–Crippen MR) is 79.7 cm³/mol. The Morgan fingerprint density at radius 3 is 2.86 bits per heavy atom. The quantitative estimate of drug-likeness (QED) is 0.531. The van der Waals surface area contributed by atoms with Crippen LogP contribution in [0.25, 0.3) is 6.08 Å². The number of hydrogen-bond donors (Lipinski definition) is 1. The smallest absolute Gasteiger partial charge is 0.270 e. The minimum atomic E-state index is -0.478. The Morgan fingerprint density at radius 1 is 1.33 bits per heavy atom. The fourth-order valence-electron chi connectivity index (χ4n) is 1.69. The Labute approximate surface area is 121 Å². The number of nitrogens with one attached hydrogen (secondary N) is 1. The monoisotopic (exact) mass is 283 g/mol. The number of hydrogen-bond acceptors (Lipinski definition) is 4. The molecule has 1 amide bonds. The van der Waals surface area contributed by atoms with Crippen molar-refractivity contribution in [3.63, 3.8) is 0 Å². The molecule has 1 aromatic heterocycles. The molecule has 1 heterocycles. The van der Waals surface area contributed by atoms with Gasteiger partial charge in [0, 0.05) is 24.4 Å². The van der Waals surface area contributed by atoms with Crippen LogP contribution in [0.1, 0.15) is 11.1 Å². The number of aromatic nitrogens is 1. The van der Waals surface area contributed by atoms with Crippen molar-refractivity contribution in [2.24, 2.45) is 0 Å². The van der Waals surface area contributed by atoms with Gasteiger partial charge in [-0.2, -0.15) is 0 Å². The Morgan fingerprint density at radius 2 is 2.14 bits per heavy atom. The number of anilines is 1. The van der Waals surface area contributed by atoms with Crippen molar-refractivity contribution < 1.29 is 9.72 Å². The first-order chi connectivity index (χ1) is 10.0. The lowest BCUT2D eigenvalue weighted by Crippen LogP contribution is -2.09. The Hall–Kier alpha value is -3.02. The number of benzene rings is 1. The molecule has 6 nitrogen and oxygen atoms in total. The molecule has 0 saturated heterocycles. The molecular weight excluding hydrogens is 270 g/mol. The topological polar surface area (TPSA) is 85.1 Å². The highest BCUT2D eigenvalue weighted by atomic mass is 16.6. The summed E-state index contributed by atoms with van der Waals surface area (Å²) in [6.45, 7) is 1.90. The zero-order valence-corrected chi connectivity index (χ0v) is 11.3. The summed E-state index contributed by atoms with van der Waals surface area (Å²) in [5.41, 5.74) is 1.55. The number of carbonyl (C=O) groups is 1. The maximum absolute atomic E-state index is 11.7. The number of nitrogens with zero attached hydrogens (tertiary/aromatic N) is 2. The molecule has 106 valence electrons. The van der Waals surface area contributed by atoms with Crippen molar-refractivity contribution in [3.05, 3.63) is 69.9 Å². The van der Waals surface area contributed by atoms with E-state index in [0.717, 1.165) is 5.56 Å². The van der Waals surface area contributed by atoms with E-state index in [1.165, 1.54) is 24.3 Å². The van der Waals surface area contributed by atoms with E-state index in [2.05, 4.69) is 10.3 Å². The van der Waals surface area contributed by atoms with Crippen LogP contribution in [-0.4, -0.2) is 15.8 Å². The third-order valence-corrected chi connectivity index (χ3v) is 2.67. The minimum absolute atomic E-state index is 0.0158. The molecule has 0 atom stereocenters. The molecule has 0 fully saturated rings. The Balaban J connectivity index is 2.05. The Bertz CT molecular complexity index is 711. The number of carbonyl (C=O) groups excluding carboxylic acids is 1. The maximum Gasteiger partial charge on any atom is 0.270 e. The molecule has 2 rings (SSSR count). The highest BCUT2D eigenvalue weighted by Crippen LogP contribution is 2.14. The van der Waals surface area contributed by atoms with Crippen molar-refractivity contribution in [2.45, 2.75) is 6.92 Å². The van der Waals surface area contributed by atoms with Crippen LogP contribution in [0.5, 0.6) is 0 Å². The molecular formula is C15H13N3O3. The van der Waals surface area contributed by atoms with Crippen LogP contribution in [0.3, 0.4) is 0 Å². The standard InChI is InChI=1S/C15H13N3O3/c1-11-7-8-16-14(9-11)17-15(19)6-5-12-3-2-4-13(10-12)18(20)21/h2-10H,1H3,(H,16,17,19). The normalized spacial score (nSPS) is 10.5. The van der Waals surface area contributed by atoms with Crippen LogP contribution in [0, 0.1) is 17.0 Å². The van der Waals surface area contributed by atoms with Crippen molar-refractivity contribution in [3.8, 4) is 0 Å². The van der Waals surface area contributed by atoms with Gasteiger partial charge in [0.15, 0.2) is 0 Å². The number of amides is 1. The van der Waals surface area contributed by atoms with E-state index in [9.17, 15) is 14.9 Å². The largest absolute Gasteiger partial charge is 0.307 e. The summed E-state index contributed by atoms with van der Waals surface area (Å²) in [5, 5.41) is 13.3. The first-order valence-corrected chi connectivity index (χ1v) is 6.21. The molecule has 0 aliphatic rings. The van der Waals surface area contributed by atoms with E-state index in [0.29, 0.717) is 11.4 Å². The summed E-state index contributed by atoms with van der Waals surface area (Å²) >= 11 is 0. The molecule has 21 heavy (non-hydrogen) atoms. The van der Waals surface area contributed by atoms with Crippen LogP contribution in [0.15, 0.2) is 48.7 Å². The average Bonchev–Trinajstić information content (AvgIpc) is 2.45. The van der Waals surface area contributed by atoms with Crippen LogP contribution in [0.2, 0.25) is 0 Å². The van der Waals surface area contributed by atoms with Crippen molar-refractivity contribution >= 4 is 23.5 Å². The Kier molecular flexibility index (Phi) is 4.40. The van der Waals surface area contributed by atoms with Crippen LogP contribution >= 0.6 is 0 Å². The summed E-state index contributed by atoms with van der Waals surface area (Å²) in [6, 6.07) is 9.62. The van der Waals surface area contributed by atoms with E-state index in [-0.39, 0.29) is 11.6 Å². The fraction of sp³-hybridized carbons (Fsp3) is 0.0667. The summed E-state index contributed by atoms with van der Waals surface area (Å²) in [7, 11) is 0. The molecule has 1 aromatic carbocycles. The molecule has 0 unspecified atom stereocenters. The first-order valence-electron chi connectivity index (χ1n) is 6.21. The van der Waals surface area contributed by atoms with Crippen molar-refractivity contribution in [2.75, 3.05) is 5.32 Å². The SMILES string of the molecule is Cc1ccnc(NC(=O)C=Cc2cccc([N+](=O)[O-])c2)c1. The number of rotatable bonds is 4. The number of pyridine rings is 1. The van der Waals surface area contributed by atoms with Crippen LogP contribution in [-0.2, 0) is 4.79 Å². The van der Waals surface area contributed by atoms with Gasteiger partial charge in [-0.3, -0.25) is 14.9 Å². The van der Waals surface area contributed by atoms with Crippen LogP contribution in [0.4, 0.5) is 11.5 Å². The van der Waals surface area contributed by atoms with Gasteiger partial charge in [-0.05, 0) is 36.3 Å². The van der Waals surface area contributed by atoms with Gasteiger partial charge in [0.2, 0.25) is 5.91 Å². The summed E-state index contributed by atoms with van der Waals surface area (Å²) in [5.74, 6) is 0.114. The van der Waals surface area contributed by atoms with Gasteiger partial charge in [-0.1, -0.05) is 12.1 Å². The molecule has 0 aliphatic carbocycles. The maximum atomic E-state index is 11.7. The lowest BCUT2D eigenvalue weighted by molar-refractivity contribution is -0.384. The lowest BCUT2D eigenvalue weighted by Gasteiger charge is -2.01. The van der Waals surface area contributed by atoms with Gasteiger partial charge in [0.1, 0.15) is 5.82 Å². The van der Waals surface area contributed by atoms with Crippen molar-refractivity contribution in [1.82, 2.24) is 4.98 Å². The van der Waals surface area contributed by atoms with Crippen molar-refractivity contribution in [1.29, 1.82) is 0 Å². The lowest BCUT2D eigenvalue weighted by atomic mass is 10.2. The highest BCUT2D eigenvalue weighted by Gasteiger charge is 2.04. The molecule has 6 heteroatoms. The zero-order chi connectivity index (χ0) is 15.2. The average molecular weight is 283 g/mol. The summed E-state index contributed by atoms with van der Waals surface area (Å²) in [4.78, 5) is 25.9. The predicted octanol–water partition coefficient (Wildman–Crippen LogP) is 2.95. The molecule has 0 radical (unpaired) electrons. The van der Waals surface area contributed by atoms with Gasteiger partial charge in [-0.25, -0.2) is 4.98 Å². The zero-order valence-electron chi connectivity index (χ0n) is 11.3. The summed E-state index contributed by atoms with van der Waals surface area (Å²) in [6.07, 6.45) is 4.43. The number of aryl methyl sites for hydroxylation is 1. The molecule has 0 saturated carbocycles. The summed E-state index contributed by atoms with van der Waals surface area (Å²) < 4.78 is 0. The molecule has 0 aliphatic heterocycles. The van der Waals surface area contributed by atoms with E-state index >= 15 is 0 Å². The minimum Gasteiger partial charge on any atom is -0.307 e. The number of nitro benzene ring substituents is 1. The van der Waals surface area contributed by atoms with Crippen LogP contribution < -0.4 is 5.32 Å². The van der Waals surface area contributed by atoms with E-state index in [1.807, 2.05) is 13.0 Å².